The third-order valence-electron chi connectivity index (χ3n) is 3.83. The van der Waals surface area contributed by atoms with Crippen LogP contribution in [-0.2, 0) is 0 Å². The van der Waals surface area contributed by atoms with E-state index in [2.05, 4.69) is 4.90 Å². The number of aliphatic hydroxyl groups excluding tert-OH is 4. The maximum absolute atomic E-state index is 9.62. The molecule has 1 rings (SSSR count). The van der Waals surface area contributed by atoms with Crippen LogP contribution < -0.4 is 5.73 Å². The van der Waals surface area contributed by atoms with Crippen molar-refractivity contribution in [1.29, 1.82) is 0 Å². The fourth-order valence-electron chi connectivity index (χ4n) is 2.72. The van der Waals surface area contributed by atoms with Crippen LogP contribution in [0.1, 0.15) is 12.8 Å². The van der Waals surface area contributed by atoms with Crippen molar-refractivity contribution in [3.8, 4) is 0 Å². The normalized spacial score (nSPS) is 21.3. The lowest BCUT2D eigenvalue weighted by Gasteiger charge is -2.39. The monoisotopic (exact) mass is 291 g/mol. The van der Waals surface area contributed by atoms with Crippen molar-refractivity contribution >= 4 is 0 Å². The minimum Gasteiger partial charge on any atom is -0.394 e. The Hall–Kier alpha value is -0.280. The van der Waals surface area contributed by atoms with Crippen molar-refractivity contribution in [3.05, 3.63) is 0 Å². The highest BCUT2D eigenvalue weighted by molar-refractivity contribution is 4.82. The second kappa shape index (κ2) is 9.62. The smallest absolute Gasteiger partial charge is 0.0897 e. The standard InChI is InChI=1S/C13H29N3O4/c14-3-6-15-4-1-11(2-5-15)16(7-12(19)9-17)8-13(20)10-18/h11-13,17-20H,1-10,14H2. The van der Waals surface area contributed by atoms with Crippen LogP contribution in [0.2, 0.25) is 0 Å². The molecule has 20 heavy (non-hydrogen) atoms. The lowest BCUT2D eigenvalue weighted by Crippen LogP contribution is -2.51. The van der Waals surface area contributed by atoms with E-state index in [1.807, 2.05) is 4.90 Å². The van der Waals surface area contributed by atoms with Gasteiger partial charge in [-0.2, -0.15) is 0 Å². The first kappa shape index (κ1) is 17.8. The Morgan fingerprint density at radius 2 is 1.55 bits per heavy atom. The van der Waals surface area contributed by atoms with Gasteiger partial charge in [-0.25, -0.2) is 0 Å². The molecule has 0 bridgehead atoms. The molecule has 0 saturated carbocycles. The van der Waals surface area contributed by atoms with Gasteiger partial charge >= 0.3 is 0 Å². The minimum atomic E-state index is -0.817. The summed E-state index contributed by atoms with van der Waals surface area (Å²) in [6.07, 6.45) is 0.248. The predicted octanol–water partition coefficient (Wildman–Crippen LogP) is -2.58. The van der Waals surface area contributed by atoms with Crippen molar-refractivity contribution in [1.82, 2.24) is 9.80 Å². The van der Waals surface area contributed by atoms with Crippen molar-refractivity contribution in [2.24, 2.45) is 5.73 Å². The quantitative estimate of drug-likeness (QED) is 0.317. The van der Waals surface area contributed by atoms with Crippen LogP contribution >= 0.6 is 0 Å². The summed E-state index contributed by atoms with van der Waals surface area (Å²) < 4.78 is 0. The molecule has 0 aromatic carbocycles. The van der Waals surface area contributed by atoms with E-state index in [1.165, 1.54) is 0 Å². The lowest BCUT2D eigenvalue weighted by molar-refractivity contribution is -0.00547. The van der Waals surface area contributed by atoms with Crippen molar-refractivity contribution in [3.63, 3.8) is 0 Å². The summed E-state index contributed by atoms with van der Waals surface area (Å²) in [5.41, 5.74) is 5.55. The summed E-state index contributed by atoms with van der Waals surface area (Å²) in [6, 6.07) is 0.256. The Morgan fingerprint density at radius 1 is 1.05 bits per heavy atom. The predicted molar refractivity (Wildman–Crippen MR) is 76.3 cm³/mol. The molecule has 1 aliphatic heterocycles. The highest BCUT2D eigenvalue weighted by Gasteiger charge is 2.27. The molecule has 120 valence electrons. The van der Waals surface area contributed by atoms with Gasteiger partial charge in [0.05, 0.1) is 25.4 Å². The molecule has 2 atom stereocenters. The largest absolute Gasteiger partial charge is 0.394 e. The van der Waals surface area contributed by atoms with Gasteiger partial charge in [-0.1, -0.05) is 0 Å². The summed E-state index contributed by atoms with van der Waals surface area (Å²) in [4.78, 5) is 4.28. The molecule has 0 radical (unpaired) electrons. The van der Waals surface area contributed by atoms with Gasteiger partial charge in [-0.3, -0.25) is 4.90 Å². The van der Waals surface area contributed by atoms with Gasteiger partial charge in [0.2, 0.25) is 0 Å². The number of nitrogens with two attached hydrogens (primary N) is 1. The maximum Gasteiger partial charge on any atom is 0.0897 e. The summed E-state index contributed by atoms with van der Waals surface area (Å²) >= 11 is 0. The van der Waals surface area contributed by atoms with Crippen molar-refractivity contribution < 1.29 is 20.4 Å². The molecule has 1 fully saturated rings. The maximum atomic E-state index is 9.62. The molecule has 0 spiro atoms. The van der Waals surface area contributed by atoms with Gasteiger partial charge in [-0.05, 0) is 25.9 Å². The van der Waals surface area contributed by atoms with E-state index in [9.17, 15) is 10.2 Å². The summed E-state index contributed by atoms with van der Waals surface area (Å²) in [7, 11) is 0. The Bertz CT molecular complexity index is 238. The number of hydrogen-bond acceptors (Lipinski definition) is 7. The highest BCUT2D eigenvalue weighted by atomic mass is 16.3. The van der Waals surface area contributed by atoms with Gasteiger partial charge in [0.25, 0.3) is 0 Å². The van der Waals surface area contributed by atoms with E-state index in [1.54, 1.807) is 0 Å². The van der Waals surface area contributed by atoms with Gasteiger partial charge in [0.1, 0.15) is 0 Å². The van der Waals surface area contributed by atoms with Crippen LogP contribution in [0.15, 0.2) is 0 Å². The first-order chi connectivity index (χ1) is 9.60. The summed E-state index contributed by atoms with van der Waals surface area (Å²) in [6.45, 7) is 3.48. The molecule has 1 saturated heterocycles. The zero-order chi connectivity index (χ0) is 15.0. The Kier molecular flexibility index (Phi) is 8.55. The zero-order valence-electron chi connectivity index (χ0n) is 12.1. The van der Waals surface area contributed by atoms with Crippen molar-refractivity contribution in [2.45, 2.75) is 31.1 Å². The Labute approximate surface area is 120 Å². The Balaban J connectivity index is 2.50. The molecule has 6 N–H and O–H groups in total. The Morgan fingerprint density at radius 3 is 1.95 bits per heavy atom. The average molecular weight is 291 g/mol. The van der Waals surface area contributed by atoms with E-state index < -0.39 is 12.2 Å². The first-order valence-corrected chi connectivity index (χ1v) is 7.35. The second-order valence-corrected chi connectivity index (χ2v) is 5.49. The van der Waals surface area contributed by atoms with E-state index in [0.717, 1.165) is 32.5 Å². The van der Waals surface area contributed by atoms with Crippen LogP contribution in [0, 0.1) is 0 Å². The van der Waals surface area contributed by atoms with Crippen molar-refractivity contribution in [2.75, 3.05) is 52.5 Å². The molecule has 0 aliphatic carbocycles. The van der Waals surface area contributed by atoms with Crippen LogP contribution in [0.4, 0.5) is 0 Å². The molecule has 0 aromatic heterocycles. The number of aliphatic hydroxyl groups is 4. The van der Waals surface area contributed by atoms with Crippen LogP contribution in [-0.4, -0.2) is 101 Å². The molecule has 7 heteroatoms. The van der Waals surface area contributed by atoms with Crippen LogP contribution in [0.3, 0.4) is 0 Å². The van der Waals surface area contributed by atoms with Gasteiger partial charge in [0.15, 0.2) is 0 Å². The van der Waals surface area contributed by atoms with Crippen LogP contribution in [0.5, 0.6) is 0 Å². The van der Waals surface area contributed by atoms with E-state index in [-0.39, 0.29) is 19.3 Å². The molecule has 1 heterocycles. The van der Waals surface area contributed by atoms with E-state index >= 15 is 0 Å². The number of nitrogens with zero attached hydrogens (tertiary/aromatic N) is 2. The van der Waals surface area contributed by atoms with Gasteiger partial charge in [0, 0.05) is 32.2 Å². The third-order valence-corrected chi connectivity index (χ3v) is 3.83. The number of rotatable bonds is 9. The number of hydrogen-bond donors (Lipinski definition) is 5. The SMILES string of the molecule is NCCN1CCC(N(CC(O)CO)CC(O)CO)CC1. The third kappa shape index (κ3) is 6.01. The minimum absolute atomic E-state index is 0.256. The van der Waals surface area contributed by atoms with Crippen LogP contribution in [0.25, 0.3) is 0 Å². The summed E-state index contributed by atoms with van der Waals surface area (Å²) in [5.74, 6) is 0. The second-order valence-electron chi connectivity index (χ2n) is 5.49. The van der Waals surface area contributed by atoms with E-state index in [4.69, 9.17) is 15.9 Å². The highest BCUT2D eigenvalue weighted by Crippen LogP contribution is 2.17. The molecule has 7 nitrogen and oxygen atoms in total. The summed E-state index contributed by atoms with van der Waals surface area (Å²) in [5, 5.41) is 37.2. The topological polar surface area (TPSA) is 113 Å². The molecule has 1 aliphatic rings. The fraction of sp³-hybridized carbons (Fsp3) is 1.00. The number of likely N-dealkylation sites (tertiary alicyclic amines) is 1. The average Bonchev–Trinajstić information content (AvgIpc) is 2.47. The molecular formula is C13H29N3O4. The first-order valence-electron chi connectivity index (χ1n) is 7.35. The molecule has 0 amide bonds. The lowest BCUT2D eigenvalue weighted by atomic mass is 10.0. The molecule has 2 unspecified atom stereocenters. The zero-order valence-corrected chi connectivity index (χ0v) is 12.1. The molecule has 0 aromatic rings. The molecular weight excluding hydrogens is 262 g/mol. The van der Waals surface area contributed by atoms with Gasteiger partial charge < -0.3 is 31.1 Å². The van der Waals surface area contributed by atoms with Gasteiger partial charge in [-0.15, -0.1) is 0 Å². The fourth-order valence-corrected chi connectivity index (χ4v) is 2.72. The number of piperidine rings is 1. The van der Waals surface area contributed by atoms with E-state index in [0.29, 0.717) is 19.6 Å².